The van der Waals surface area contributed by atoms with Crippen LogP contribution in [0.3, 0.4) is 0 Å². The quantitative estimate of drug-likeness (QED) is 0.793. The van der Waals surface area contributed by atoms with Crippen LogP contribution in [0.4, 0.5) is 0 Å². The highest BCUT2D eigenvalue weighted by atomic mass is 16.5. The first-order chi connectivity index (χ1) is 8.36. The van der Waals surface area contributed by atoms with E-state index in [0.29, 0.717) is 0 Å². The summed E-state index contributed by atoms with van der Waals surface area (Å²) in [6.07, 6.45) is 11.5. The van der Waals surface area contributed by atoms with E-state index in [0.717, 1.165) is 16.7 Å². The van der Waals surface area contributed by atoms with E-state index in [9.17, 15) is 5.11 Å². The number of ether oxygens (including phenoxy) is 1. The molecule has 2 heteroatoms. The molecule has 0 saturated heterocycles. The van der Waals surface area contributed by atoms with Gasteiger partial charge >= 0.3 is 0 Å². The molecule has 1 aromatic rings. The van der Waals surface area contributed by atoms with Crippen molar-refractivity contribution in [3.63, 3.8) is 0 Å². The highest BCUT2D eigenvalue weighted by Crippen LogP contribution is 2.35. The van der Waals surface area contributed by atoms with Crippen LogP contribution in [0.1, 0.15) is 5.56 Å². The zero-order valence-corrected chi connectivity index (χ0v) is 9.21. The lowest BCUT2D eigenvalue weighted by atomic mass is 9.89. The molecule has 0 saturated carbocycles. The van der Waals surface area contributed by atoms with Crippen LogP contribution in [0.5, 0.6) is 5.75 Å². The van der Waals surface area contributed by atoms with Gasteiger partial charge in [0.15, 0.2) is 0 Å². The number of allylic oxidation sites excluding steroid dienone is 4. The number of hydrogen-bond donors (Lipinski definition) is 1. The van der Waals surface area contributed by atoms with Crippen molar-refractivity contribution in [2.75, 3.05) is 0 Å². The first-order valence-corrected chi connectivity index (χ1v) is 5.55. The second-order valence-corrected chi connectivity index (χ2v) is 4.01. The third-order valence-electron chi connectivity index (χ3n) is 2.95. The molecule has 1 unspecified atom stereocenters. The number of fused-ring (bicyclic) bond motifs is 1. The average molecular weight is 224 g/mol. The molecule has 2 nitrogen and oxygen atoms in total. The minimum atomic E-state index is -0.113. The molecule has 0 bridgehead atoms. The molecular formula is C15H12O2. The molecule has 0 radical (unpaired) electrons. The van der Waals surface area contributed by atoms with Crippen LogP contribution in [-0.2, 0) is 4.74 Å². The average Bonchev–Trinajstić information content (AvgIpc) is 2.39. The van der Waals surface area contributed by atoms with E-state index < -0.39 is 0 Å². The number of rotatable bonds is 1. The Labute approximate surface area is 99.9 Å². The highest BCUT2D eigenvalue weighted by molar-refractivity contribution is 5.79. The lowest BCUT2D eigenvalue weighted by molar-refractivity contribution is 0.223. The van der Waals surface area contributed by atoms with Crippen molar-refractivity contribution in [2.45, 2.75) is 6.10 Å². The fourth-order valence-electron chi connectivity index (χ4n) is 2.14. The standard InChI is InChI=1S/C15H12O2/c16-14-9-2-1-7-12(14)13-8-3-5-11-6-4-10-17-15(11)13/h1-10,15-16H. The summed E-state index contributed by atoms with van der Waals surface area (Å²) >= 11 is 0. The van der Waals surface area contributed by atoms with Crippen LogP contribution in [0, 0.1) is 0 Å². The number of aromatic hydroxyl groups is 1. The minimum Gasteiger partial charge on any atom is -0.507 e. The molecule has 1 N–H and O–H groups in total. The smallest absolute Gasteiger partial charge is 0.149 e. The van der Waals surface area contributed by atoms with Gasteiger partial charge in [-0.2, -0.15) is 0 Å². The summed E-state index contributed by atoms with van der Waals surface area (Å²) in [6.45, 7) is 0. The van der Waals surface area contributed by atoms with E-state index in [2.05, 4.69) is 0 Å². The summed E-state index contributed by atoms with van der Waals surface area (Å²) in [5, 5.41) is 9.90. The second-order valence-electron chi connectivity index (χ2n) is 4.01. The maximum atomic E-state index is 9.90. The van der Waals surface area contributed by atoms with Gasteiger partial charge in [0.25, 0.3) is 0 Å². The summed E-state index contributed by atoms with van der Waals surface area (Å²) in [5.41, 5.74) is 2.91. The van der Waals surface area contributed by atoms with Crippen molar-refractivity contribution >= 4 is 5.57 Å². The van der Waals surface area contributed by atoms with E-state index in [1.165, 1.54) is 0 Å². The Balaban J connectivity index is 2.07. The normalized spacial score (nSPS) is 21.3. The molecule has 1 aliphatic carbocycles. The van der Waals surface area contributed by atoms with E-state index in [4.69, 9.17) is 4.74 Å². The number of para-hydroxylation sites is 1. The lowest BCUT2D eigenvalue weighted by Gasteiger charge is -2.26. The van der Waals surface area contributed by atoms with E-state index >= 15 is 0 Å². The molecule has 1 aliphatic heterocycles. The first kappa shape index (κ1) is 9.97. The SMILES string of the molecule is Oc1ccccc1C1=CC=CC2=CC=COC21. The topological polar surface area (TPSA) is 29.5 Å². The van der Waals surface area contributed by atoms with Gasteiger partial charge in [-0.1, -0.05) is 42.5 Å². The molecule has 1 heterocycles. The Kier molecular flexibility index (Phi) is 2.33. The van der Waals surface area contributed by atoms with Crippen molar-refractivity contribution in [2.24, 2.45) is 0 Å². The van der Waals surface area contributed by atoms with Crippen LogP contribution in [0.15, 0.2) is 66.5 Å². The van der Waals surface area contributed by atoms with Gasteiger partial charge in [0.2, 0.25) is 0 Å². The predicted octanol–water partition coefficient (Wildman–Crippen LogP) is 3.18. The summed E-state index contributed by atoms with van der Waals surface area (Å²) in [4.78, 5) is 0. The molecule has 1 aromatic carbocycles. The Morgan fingerprint density at radius 3 is 2.82 bits per heavy atom. The van der Waals surface area contributed by atoms with Crippen molar-refractivity contribution in [3.8, 4) is 5.75 Å². The zero-order chi connectivity index (χ0) is 11.7. The number of phenols is 1. The fraction of sp³-hybridized carbons (Fsp3) is 0.0667. The van der Waals surface area contributed by atoms with Crippen LogP contribution in [-0.4, -0.2) is 11.2 Å². The molecule has 0 spiro atoms. The van der Waals surface area contributed by atoms with Crippen LogP contribution < -0.4 is 0 Å². The van der Waals surface area contributed by atoms with Crippen molar-refractivity contribution < 1.29 is 9.84 Å². The molecule has 0 amide bonds. The minimum absolute atomic E-state index is 0.113. The van der Waals surface area contributed by atoms with Gasteiger partial charge in [0, 0.05) is 11.1 Å². The van der Waals surface area contributed by atoms with Crippen LogP contribution in [0.2, 0.25) is 0 Å². The van der Waals surface area contributed by atoms with E-state index in [-0.39, 0.29) is 11.9 Å². The largest absolute Gasteiger partial charge is 0.507 e. The monoisotopic (exact) mass is 224 g/mol. The maximum absolute atomic E-state index is 9.90. The van der Waals surface area contributed by atoms with Gasteiger partial charge in [0.05, 0.1) is 6.26 Å². The molecule has 2 aliphatic rings. The van der Waals surface area contributed by atoms with Crippen molar-refractivity contribution in [1.29, 1.82) is 0 Å². The third kappa shape index (κ3) is 1.68. The van der Waals surface area contributed by atoms with Gasteiger partial charge in [-0.3, -0.25) is 0 Å². The molecule has 1 atom stereocenters. The molecule has 17 heavy (non-hydrogen) atoms. The summed E-state index contributed by atoms with van der Waals surface area (Å²) < 4.78 is 5.62. The number of phenolic OH excluding ortho intramolecular Hbond substituents is 1. The molecular weight excluding hydrogens is 212 g/mol. The Hall–Kier alpha value is -2.22. The first-order valence-electron chi connectivity index (χ1n) is 5.55. The number of benzene rings is 1. The zero-order valence-electron chi connectivity index (χ0n) is 9.21. The van der Waals surface area contributed by atoms with Gasteiger partial charge in [-0.25, -0.2) is 0 Å². The maximum Gasteiger partial charge on any atom is 0.149 e. The Morgan fingerprint density at radius 2 is 1.94 bits per heavy atom. The van der Waals surface area contributed by atoms with Crippen LogP contribution in [0.25, 0.3) is 5.57 Å². The molecule has 3 rings (SSSR count). The van der Waals surface area contributed by atoms with E-state index in [1.54, 1.807) is 12.3 Å². The van der Waals surface area contributed by atoms with Gasteiger partial charge in [-0.15, -0.1) is 0 Å². The molecule has 0 fully saturated rings. The number of hydrogen-bond acceptors (Lipinski definition) is 2. The molecule has 0 aromatic heterocycles. The van der Waals surface area contributed by atoms with Gasteiger partial charge in [-0.05, 0) is 17.7 Å². The van der Waals surface area contributed by atoms with Crippen molar-refractivity contribution in [3.05, 3.63) is 72.0 Å². The Bertz CT molecular complexity index is 562. The van der Waals surface area contributed by atoms with Gasteiger partial charge in [0.1, 0.15) is 11.9 Å². The summed E-state index contributed by atoms with van der Waals surface area (Å²) in [7, 11) is 0. The van der Waals surface area contributed by atoms with Crippen LogP contribution >= 0.6 is 0 Å². The highest BCUT2D eigenvalue weighted by Gasteiger charge is 2.24. The predicted molar refractivity (Wildman–Crippen MR) is 67.3 cm³/mol. The van der Waals surface area contributed by atoms with E-state index in [1.807, 2.05) is 48.6 Å². The lowest BCUT2D eigenvalue weighted by Crippen LogP contribution is -2.18. The molecule has 84 valence electrons. The Morgan fingerprint density at radius 1 is 1.06 bits per heavy atom. The third-order valence-corrected chi connectivity index (χ3v) is 2.95. The second kappa shape index (κ2) is 3.98. The summed E-state index contributed by atoms with van der Waals surface area (Å²) in [5.74, 6) is 0.284. The van der Waals surface area contributed by atoms with Gasteiger partial charge < -0.3 is 9.84 Å². The summed E-state index contributed by atoms with van der Waals surface area (Å²) in [6, 6.07) is 7.32. The fourth-order valence-corrected chi connectivity index (χ4v) is 2.14. The van der Waals surface area contributed by atoms with Crippen molar-refractivity contribution in [1.82, 2.24) is 0 Å².